The molecule has 0 radical (unpaired) electrons. The zero-order chi connectivity index (χ0) is 10.8. The van der Waals surface area contributed by atoms with Crippen LogP contribution >= 0.6 is 0 Å². The lowest BCUT2D eigenvalue weighted by atomic mass is 9.86. The summed E-state index contributed by atoms with van der Waals surface area (Å²) in [6.45, 7) is 10.1. The lowest BCUT2D eigenvalue weighted by Crippen LogP contribution is -2.02. The van der Waals surface area contributed by atoms with Gasteiger partial charge in [-0.05, 0) is 36.5 Å². The summed E-state index contributed by atoms with van der Waals surface area (Å²) in [4.78, 5) is 0. The van der Waals surface area contributed by atoms with E-state index in [2.05, 4.69) is 50.4 Å². The van der Waals surface area contributed by atoms with Crippen LogP contribution in [0.2, 0.25) is 0 Å². The van der Waals surface area contributed by atoms with Gasteiger partial charge in [-0.3, -0.25) is 0 Å². The largest absolute Gasteiger partial charge is 0.0998 e. The van der Waals surface area contributed by atoms with Gasteiger partial charge in [0.2, 0.25) is 0 Å². The van der Waals surface area contributed by atoms with Crippen LogP contribution in [0.4, 0.5) is 0 Å². The summed E-state index contributed by atoms with van der Waals surface area (Å²) in [6, 6.07) is 8.50. The SMILES string of the molecule is C=C(C)CC1=CC(=C)c2ccccc2C1. The second-order valence-electron chi connectivity index (χ2n) is 4.30. The Hall–Kier alpha value is -1.56. The lowest BCUT2D eigenvalue weighted by molar-refractivity contribution is 1.01. The third-order valence-corrected chi connectivity index (χ3v) is 2.69. The maximum Gasteiger partial charge on any atom is -0.00544 e. The number of fused-ring (bicyclic) bond motifs is 1. The second kappa shape index (κ2) is 3.90. The molecule has 0 spiro atoms. The first-order chi connectivity index (χ1) is 7.16. The van der Waals surface area contributed by atoms with Gasteiger partial charge in [0.25, 0.3) is 0 Å². The van der Waals surface area contributed by atoms with Crippen molar-refractivity contribution in [2.45, 2.75) is 19.8 Å². The average molecular weight is 196 g/mol. The Kier molecular flexibility index (Phi) is 2.59. The molecule has 0 bridgehead atoms. The number of rotatable bonds is 2. The molecule has 15 heavy (non-hydrogen) atoms. The molecule has 0 fully saturated rings. The highest BCUT2D eigenvalue weighted by molar-refractivity contribution is 5.77. The topological polar surface area (TPSA) is 0 Å². The molecule has 0 aromatic heterocycles. The molecule has 0 atom stereocenters. The van der Waals surface area contributed by atoms with Crippen molar-refractivity contribution in [1.29, 1.82) is 0 Å². The van der Waals surface area contributed by atoms with Gasteiger partial charge in [-0.1, -0.05) is 54.6 Å². The average Bonchev–Trinajstić information content (AvgIpc) is 2.16. The van der Waals surface area contributed by atoms with E-state index in [9.17, 15) is 0 Å². The van der Waals surface area contributed by atoms with Crippen molar-refractivity contribution in [1.82, 2.24) is 0 Å². The molecule has 0 heterocycles. The zero-order valence-corrected chi connectivity index (χ0v) is 9.22. The van der Waals surface area contributed by atoms with Crippen LogP contribution in [0.3, 0.4) is 0 Å². The summed E-state index contributed by atoms with van der Waals surface area (Å²) < 4.78 is 0. The molecular weight excluding hydrogens is 180 g/mol. The first-order valence-corrected chi connectivity index (χ1v) is 5.28. The second-order valence-corrected chi connectivity index (χ2v) is 4.30. The first kappa shape index (κ1) is 9.97. The van der Waals surface area contributed by atoms with E-state index in [-0.39, 0.29) is 0 Å². The van der Waals surface area contributed by atoms with Crippen LogP contribution in [0.15, 0.2) is 54.6 Å². The first-order valence-electron chi connectivity index (χ1n) is 5.28. The van der Waals surface area contributed by atoms with E-state index >= 15 is 0 Å². The van der Waals surface area contributed by atoms with Crippen LogP contribution in [0.5, 0.6) is 0 Å². The molecule has 1 aliphatic rings. The van der Waals surface area contributed by atoms with Crippen molar-refractivity contribution >= 4 is 5.57 Å². The molecule has 2 rings (SSSR count). The highest BCUT2D eigenvalue weighted by Gasteiger charge is 2.12. The minimum absolute atomic E-state index is 0.993. The molecule has 0 heteroatoms. The van der Waals surface area contributed by atoms with Crippen molar-refractivity contribution in [2.75, 3.05) is 0 Å². The molecule has 76 valence electrons. The Balaban J connectivity index is 2.31. The summed E-state index contributed by atoms with van der Waals surface area (Å²) in [7, 11) is 0. The lowest BCUT2D eigenvalue weighted by Gasteiger charge is -2.18. The molecule has 0 nitrogen and oxygen atoms in total. The van der Waals surface area contributed by atoms with E-state index < -0.39 is 0 Å². The molecule has 0 saturated carbocycles. The summed E-state index contributed by atoms with van der Waals surface area (Å²) in [5.74, 6) is 0. The molecule has 0 aliphatic heterocycles. The van der Waals surface area contributed by atoms with Crippen LogP contribution in [0.1, 0.15) is 24.5 Å². The fraction of sp³-hybridized carbons (Fsp3) is 0.200. The molecular formula is C15H16. The molecule has 0 unspecified atom stereocenters. The van der Waals surface area contributed by atoms with Crippen LogP contribution in [-0.4, -0.2) is 0 Å². The van der Waals surface area contributed by atoms with Crippen molar-refractivity contribution < 1.29 is 0 Å². The maximum absolute atomic E-state index is 4.11. The quantitative estimate of drug-likeness (QED) is 0.623. The molecule has 0 N–H and O–H groups in total. The van der Waals surface area contributed by atoms with Crippen molar-refractivity contribution in [3.8, 4) is 0 Å². The number of hydrogen-bond acceptors (Lipinski definition) is 0. The Bertz CT molecular complexity index is 447. The van der Waals surface area contributed by atoms with Gasteiger partial charge in [0, 0.05) is 0 Å². The highest BCUT2D eigenvalue weighted by Crippen LogP contribution is 2.30. The van der Waals surface area contributed by atoms with Crippen LogP contribution in [-0.2, 0) is 6.42 Å². The summed E-state index contributed by atoms with van der Waals surface area (Å²) >= 11 is 0. The van der Waals surface area contributed by atoms with E-state index in [1.54, 1.807) is 0 Å². The Labute approximate surface area is 91.6 Å². The predicted octanol–water partition coefficient (Wildman–Crippen LogP) is 4.15. The van der Waals surface area contributed by atoms with Crippen LogP contribution in [0.25, 0.3) is 5.57 Å². The highest BCUT2D eigenvalue weighted by atomic mass is 14.2. The summed E-state index contributed by atoms with van der Waals surface area (Å²) in [5.41, 5.74) is 6.46. The van der Waals surface area contributed by atoms with Gasteiger partial charge in [-0.2, -0.15) is 0 Å². The fourth-order valence-corrected chi connectivity index (χ4v) is 2.11. The van der Waals surface area contributed by atoms with Gasteiger partial charge in [-0.15, -0.1) is 0 Å². The van der Waals surface area contributed by atoms with Gasteiger partial charge >= 0.3 is 0 Å². The summed E-state index contributed by atoms with van der Waals surface area (Å²) in [6.07, 6.45) is 4.24. The van der Waals surface area contributed by atoms with Gasteiger partial charge in [0.05, 0.1) is 0 Å². The molecule has 0 amide bonds. The predicted molar refractivity (Wildman–Crippen MR) is 66.7 cm³/mol. The van der Waals surface area contributed by atoms with Crippen molar-refractivity contribution in [3.63, 3.8) is 0 Å². The Morgan fingerprint density at radius 2 is 2.07 bits per heavy atom. The molecule has 0 saturated heterocycles. The van der Waals surface area contributed by atoms with Gasteiger partial charge < -0.3 is 0 Å². The van der Waals surface area contributed by atoms with Crippen LogP contribution in [0, 0.1) is 0 Å². The van der Waals surface area contributed by atoms with Gasteiger partial charge in [0.1, 0.15) is 0 Å². The van der Waals surface area contributed by atoms with Crippen molar-refractivity contribution in [3.05, 3.63) is 65.8 Å². The number of hydrogen-bond donors (Lipinski definition) is 0. The standard InChI is InChI=1S/C15H16/c1-11(2)8-13-9-12(3)15-7-5-4-6-14(15)10-13/h4-7,9H,1,3,8,10H2,2H3. The normalized spacial score (nSPS) is 14.5. The molecule has 1 aromatic rings. The minimum atomic E-state index is 0.993. The number of benzene rings is 1. The Morgan fingerprint density at radius 3 is 2.80 bits per heavy atom. The zero-order valence-electron chi connectivity index (χ0n) is 9.22. The third-order valence-electron chi connectivity index (χ3n) is 2.69. The van der Waals surface area contributed by atoms with Gasteiger partial charge in [0.15, 0.2) is 0 Å². The number of allylic oxidation sites excluding steroid dienone is 4. The van der Waals surface area contributed by atoms with E-state index in [4.69, 9.17) is 0 Å². The smallest absolute Gasteiger partial charge is 0.00544 e. The van der Waals surface area contributed by atoms with Crippen LogP contribution < -0.4 is 0 Å². The Morgan fingerprint density at radius 1 is 1.33 bits per heavy atom. The maximum atomic E-state index is 4.11. The van der Waals surface area contributed by atoms with E-state index in [1.807, 2.05) is 0 Å². The monoisotopic (exact) mass is 196 g/mol. The van der Waals surface area contributed by atoms with Gasteiger partial charge in [-0.25, -0.2) is 0 Å². The van der Waals surface area contributed by atoms with E-state index in [0.717, 1.165) is 18.4 Å². The molecule has 1 aliphatic carbocycles. The summed E-state index contributed by atoms with van der Waals surface area (Å²) in [5, 5.41) is 0. The van der Waals surface area contributed by atoms with E-state index in [0.29, 0.717) is 0 Å². The third kappa shape index (κ3) is 2.10. The molecule has 1 aromatic carbocycles. The minimum Gasteiger partial charge on any atom is -0.0998 e. The fourth-order valence-electron chi connectivity index (χ4n) is 2.11. The van der Waals surface area contributed by atoms with E-state index in [1.165, 1.54) is 22.3 Å². The van der Waals surface area contributed by atoms with Crippen molar-refractivity contribution in [2.24, 2.45) is 0 Å².